The Morgan fingerprint density at radius 1 is 1.32 bits per heavy atom. The SMILES string of the molecule is Cc1cc(C(=O)O)ccc1NC1CC(C)OC(C)C1. The minimum atomic E-state index is -0.886. The Kier molecular flexibility index (Phi) is 4.10. The van der Waals surface area contributed by atoms with Gasteiger partial charge >= 0.3 is 5.97 Å². The Hall–Kier alpha value is -1.55. The van der Waals surface area contributed by atoms with Gasteiger partial charge in [0.1, 0.15) is 0 Å². The van der Waals surface area contributed by atoms with Crippen LogP contribution in [0.1, 0.15) is 42.6 Å². The molecule has 19 heavy (non-hydrogen) atoms. The number of hydrogen-bond donors (Lipinski definition) is 2. The van der Waals surface area contributed by atoms with Gasteiger partial charge < -0.3 is 15.2 Å². The van der Waals surface area contributed by atoms with Gasteiger partial charge in [-0.05, 0) is 57.4 Å². The smallest absolute Gasteiger partial charge is 0.335 e. The first-order chi connectivity index (χ1) is 8.95. The van der Waals surface area contributed by atoms with Crippen molar-refractivity contribution in [1.82, 2.24) is 0 Å². The summed E-state index contributed by atoms with van der Waals surface area (Å²) in [5, 5.41) is 12.5. The standard InChI is InChI=1S/C15H21NO3/c1-9-6-12(15(17)18)4-5-14(9)16-13-7-10(2)19-11(3)8-13/h4-6,10-11,13,16H,7-8H2,1-3H3,(H,17,18). The van der Waals surface area contributed by atoms with Crippen molar-refractivity contribution < 1.29 is 14.6 Å². The summed E-state index contributed by atoms with van der Waals surface area (Å²) in [7, 11) is 0. The summed E-state index contributed by atoms with van der Waals surface area (Å²) < 4.78 is 5.72. The zero-order valence-electron chi connectivity index (χ0n) is 11.6. The maximum Gasteiger partial charge on any atom is 0.335 e. The number of carboxylic acids is 1. The van der Waals surface area contributed by atoms with E-state index < -0.39 is 5.97 Å². The van der Waals surface area contributed by atoms with Gasteiger partial charge in [-0.25, -0.2) is 4.79 Å². The Balaban J connectivity index is 2.08. The molecule has 1 aliphatic heterocycles. The van der Waals surface area contributed by atoms with Crippen molar-refractivity contribution in [3.63, 3.8) is 0 Å². The number of aryl methyl sites for hydroxylation is 1. The van der Waals surface area contributed by atoms with Gasteiger partial charge in [-0.2, -0.15) is 0 Å². The Morgan fingerprint density at radius 3 is 2.47 bits per heavy atom. The number of carbonyl (C=O) groups is 1. The quantitative estimate of drug-likeness (QED) is 0.880. The molecule has 0 radical (unpaired) electrons. The van der Waals surface area contributed by atoms with Gasteiger partial charge in [-0.1, -0.05) is 0 Å². The molecule has 1 fully saturated rings. The van der Waals surface area contributed by atoms with Crippen LogP contribution in [0.25, 0.3) is 0 Å². The molecule has 1 aliphatic rings. The van der Waals surface area contributed by atoms with E-state index >= 15 is 0 Å². The highest BCUT2D eigenvalue weighted by atomic mass is 16.5. The number of aromatic carboxylic acids is 1. The average Bonchev–Trinajstić information content (AvgIpc) is 2.30. The number of carboxylic acid groups (broad SMARTS) is 1. The first kappa shape index (κ1) is 13.9. The third kappa shape index (κ3) is 3.47. The molecule has 1 aromatic rings. The summed E-state index contributed by atoms with van der Waals surface area (Å²) in [6, 6.07) is 5.58. The van der Waals surface area contributed by atoms with E-state index in [4.69, 9.17) is 9.84 Å². The predicted octanol–water partition coefficient (Wildman–Crippen LogP) is 3.06. The van der Waals surface area contributed by atoms with Gasteiger partial charge in [0.2, 0.25) is 0 Å². The molecule has 4 nitrogen and oxygen atoms in total. The molecule has 0 aliphatic carbocycles. The second-order valence-electron chi connectivity index (χ2n) is 5.40. The second-order valence-corrected chi connectivity index (χ2v) is 5.40. The van der Waals surface area contributed by atoms with E-state index in [1.165, 1.54) is 0 Å². The highest BCUT2D eigenvalue weighted by Gasteiger charge is 2.24. The van der Waals surface area contributed by atoms with Crippen LogP contribution in [0.2, 0.25) is 0 Å². The molecule has 0 saturated carbocycles. The fourth-order valence-corrected chi connectivity index (χ4v) is 2.70. The molecule has 1 heterocycles. The van der Waals surface area contributed by atoms with Crippen LogP contribution in [-0.2, 0) is 4.74 Å². The molecule has 2 unspecified atom stereocenters. The summed E-state index contributed by atoms with van der Waals surface area (Å²) in [4.78, 5) is 10.9. The molecule has 0 bridgehead atoms. The minimum absolute atomic E-state index is 0.264. The lowest BCUT2D eigenvalue weighted by atomic mass is 9.99. The topological polar surface area (TPSA) is 58.6 Å². The van der Waals surface area contributed by atoms with E-state index in [2.05, 4.69) is 19.2 Å². The normalized spacial score (nSPS) is 27.0. The highest BCUT2D eigenvalue weighted by molar-refractivity contribution is 5.88. The van der Waals surface area contributed by atoms with Gasteiger partial charge in [-0.15, -0.1) is 0 Å². The summed E-state index contributed by atoms with van der Waals surface area (Å²) in [5.41, 5.74) is 2.31. The fraction of sp³-hybridized carbons (Fsp3) is 0.533. The molecule has 1 saturated heterocycles. The molecular weight excluding hydrogens is 242 g/mol. The van der Waals surface area contributed by atoms with Crippen molar-refractivity contribution in [2.75, 3.05) is 5.32 Å². The van der Waals surface area contributed by atoms with Gasteiger partial charge in [0.25, 0.3) is 0 Å². The van der Waals surface area contributed by atoms with Crippen LogP contribution in [0.3, 0.4) is 0 Å². The highest BCUT2D eigenvalue weighted by Crippen LogP contribution is 2.24. The minimum Gasteiger partial charge on any atom is -0.478 e. The molecule has 0 amide bonds. The lowest BCUT2D eigenvalue weighted by Gasteiger charge is -2.33. The largest absolute Gasteiger partial charge is 0.478 e. The van der Waals surface area contributed by atoms with Crippen LogP contribution in [0.5, 0.6) is 0 Å². The van der Waals surface area contributed by atoms with Gasteiger partial charge in [0.05, 0.1) is 17.8 Å². The van der Waals surface area contributed by atoms with Crippen molar-refractivity contribution in [2.45, 2.75) is 51.9 Å². The van der Waals surface area contributed by atoms with Crippen LogP contribution in [-0.4, -0.2) is 29.3 Å². The van der Waals surface area contributed by atoms with E-state index in [1.807, 2.05) is 13.0 Å². The van der Waals surface area contributed by atoms with Crippen molar-refractivity contribution >= 4 is 11.7 Å². The van der Waals surface area contributed by atoms with E-state index in [1.54, 1.807) is 12.1 Å². The van der Waals surface area contributed by atoms with Crippen molar-refractivity contribution in [1.29, 1.82) is 0 Å². The van der Waals surface area contributed by atoms with E-state index in [-0.39, 0.29) is 12.2 Å². The first-order valence-corrected chi connectivity index (χ1v) is 6.71. The van der Waals surface area contributed by atoms with Crippen molar-refractivity contribution in [2.24, 2.45) is 0 Å². The van der Waals surface area contributed by atoms with E-state index in [0.29, 0.717) is 11.6 Å². The average molecular weight is 263 g/mol. The number of benzene rings is 1. The number of hydrogen-bond acceptors (Lipinski definition) is 3. The number of rotatable bonds is 3. The molecule has 2 rings (SSSR count). The summed E-state index contributed by atoms with van der Waals surface area (Å²) in [5.74, 6) is -0.886. The predicted molar refractivity (Wildman–Crippen MR) is 74.8 cm³/mol. The van der Waals surface area contributed by atoms with Crippen LogP contribution >= 0.6 is 0 Å². The number of nitrogens with one attached hydrogen (secondary N) is 1. The van der Waals surface area contributed by atoms with Crippen LogP contribution < -0.4 is 5.32 Å². The molecule has 4 heteroatoms. The molecule has 1 aromatic carbocycles. The van der Waals surface area contributed by atoms with Crippen molar-refractivity contribution in [3.05, 3.63) is 29.3 Å². The van der Waals surface area contributed by atoms with Gasteiger partial charge in [0.15, 0.2) is 0 Å². The Bertz CT molecular complexity index is 462. The molecule has 2 N–H and O–H groups in total. The molecule has 0 spiro atoms. The van der Waals surface area contributed by atoms with E-state index in [9.17, 15) is 4.79 Å². The Morgan fingerprint density at radius 2 is 1.95 bits per heavy atom. The first-order valence-electron chi connectivity index (χ1n) is 6.71. The fourth-order valence-electron chi connectivity index (χ4n) is 2.70. The molecule has 2 atom stereocenters. The van der Waals surface area contributed by atoms with E-state index in [0.717, 1.165) is 24.1 Å². The van der Waals surface area contributed by atoms with Crippen LogP contribution in [0.15, 0.2) is 18.2 Å². The summed E-state index contributed by atoms with van der Waals surface area (Å²) in [6.07, 6.45) is 2.48. The lowest BCUT2D eigenvalue weighted by Crippen LogP contribution is -2.37. The lowest BCUT2D eigenvalue weighted by molar-refractivity contribution is -0.0337. The van der Waals surface area contributed by atoms with Gasteiger partial charge in [0, 0.05) is 11.7 Å². The second kappa shape index (κ2) is 5.61. The third-order valence-corrected chi connectivity index (χ3v) is 3.53. The molecular formula is C15H21NO3. The maximum atomic E-state index is 10.9. The third-order valence-electron chi connectivity index (χ3n) is 3.53. The summed E-state index contributed by atoms with van der Waals surface area (Å²) in [6.45, 7) is 6.11. The van der Waals surface area contributed by atoms with Crippen molar-refractivity contribution in [3.8, 4) is 0 Å². The van der Waals surface area contributed by atoms with Crippen LogP contribution in [0, 0.1) is 6.92 Å². The number of ether oxygens (including phenoxy) is 1. The molecule has 104 valence electrons. The zero-order valence-corrected chi connectivity index (χ0v) is 11.6. The maximum absolute atomic E-state index is 10.9. The van der Waals surface area contributed by atoms with Gasteiger partial charge in [-0.3, -0.25) is 0 Å². The monoisotopic (exact) mass is 263 g/mol. The molecule has 0 aromatic heterocycles. The zero-order chi connectivity index (χ0) is 14.0. The van der Waals surface area contributed by atoms with Crippen LogP contribution in [0.4, 0.5) is 5.69 Å². The summed E-state index contributed by atoms with van der Waals surface area (Å²) >= 11 is 0. The Labute approximate surface area is 113 Å². The number of anilines is 1.